The normalized spacial score (nSPS) is 13.8. The fourth-order valence-electron chi connectivity index (χ4n) is 17.8. The second kappa shape index (κ2) is 30.0. The summed E-state index contributed by atoms with van der Waals surface area (Å²) in [5.41, 5.74) is 26.6. The molecule has 10 nitrogen and oxygen atoms in total. The number of hydrogen-bond acceptors (Lipinski definition) is 3. The molecule has 0 atom stereocenters. The molecule has 19 aromatic rings. The number of imidazole rings is 3. The van der Waals surface area contributed by atoms with Gasteiger partial charge in [0.15, 0.2) is 35.2 Å². The summed E-state index contributed by atoms with van der Waals surface area (Å²) in [6.45, 7) is 16.9. The minimum Gasteiger partial charge on any atom is -0.512 e. The summed E-state index contributed by atoms with van der Waals surface area (Å²) in [6.07, 6.45) is 9.50. The Morgan fingerprint density at radius 2 is 1.16 bits per heavy atom. The number of pyridine rings is 3. The Labute approximate surface area is 694 Å². The second-order valence-electron chi connectivity index (χ2n) is 30.4. The van der Waals surface area contributed by atoms with E-state index in [1.807, 2.05) is 12.3 Å². The van der Waals surface area contributed by atoms with Crippen molar-refractivity contribution in [3.05, 3.63) is 396 Å². The van der Waals surface area contributed by atoms with Crippen LogP contribution in [-0.4, -0.2) is 29.4 Å². The van der Waals surface area contributed by atoms with Gasteiger partial charge in [-0.15, -0.1) is 35.4 Å². The van der Waals surface area contributed by atoms with Gasteiger partial charge in [-0.05, 0) is 151 Å². The Morgan fingerprint density at radius 3 is 1.93 bits per heavy atom. The fraction of sp³-hybridized carbons (Fsp3) is 0.115. The summed E-state index contributed by atoms with van der Waals surface area (Å²) >= 11 is 0. The molecule has 0 amide bonds. The van der Waals surface area contributed by atoms with Crippen LogP contribution in [0.4, 0.5) is 0 Å². The third-order valence-corrected chi connectivity index (χ3v) is 22.8. The number of allylic oxidation sites excluding steroid dienone is 2. The van der Waals surface area contributed by atoms with Crippen molar-refractivity contribution in [3.8, 4) is 67.9 Å². The van der Waals surface area contributed by atoms with Gasteiger partial charge in [-0.1, -0.05) is 220 Å². The summed E-state index contributed by atoms with van der Waals surface area (Å²) in [7, 11) is 0. The summed E-state index contributed by atoms with van der Waals surface area (Å²) in [4.78, 5) is 14.6. The predicted molar refractivity (Wildman–Crippen MR) is 461 cm³/mol. The van der Waals surface area contributed by atoms with E-state index in [-0.39, 0.29) is 91.2 Å². The number of para-hydroxylation sites is 2. The molecule has 115 heavy (non-hydrogen) atoms. The van der Waals surface area contributed by atoms with Crippen LogP contribution >= 0.6 is 0 Å². The van der Waals surface area contributed by atoms with Gasteiger partial charge in [-0.25, -0.2) is 13.7 Å². The van der Waals surface area contributed by atoms with Gasteiger partial charge in [0.05, 0.1) is 37.4 Å². The molecule has 0 saturated carbocycles. The largest absolute Gasteiger partial charge is 0.512 e. The topological polar surface area (TPSA) is 80.0 Å². The molecule has 1 aliphatic carbocycles. The van der Waals surface area contributed by atoms with E-state index in [0.29, 0.717) is 5.56 Å². The molecule has 0 spiro atoms. The molecule has 13 aromatic carbocycles. The van der Waals surface area contributed by atoms with Gasteiger partial charge in [0.1, 0.15) is 56.5 Å². The number of rotatable bonds is 4. The molecule has 0 saturated heterocycles. The number of aromatic nitrogens is 8. The van der Waals surface area contributed by atoms with Crippen LogP contribution < -0.4 is 18.3 Å². The number of benzene rings is 13. The van der Waals surface area contributed by atoms with Gasteiger partial charge in [-0.3, -0.25) is 4.79 Å². The number of ketones is 1. The number of aliphatic hydroxyl groups excluding tert-OH is 1. The molecule has 4 aliphatic heterocycles. The van der Waals surface area contributed by atoms with Crippen LogP contribution in [0.2, 0.25) is 0 Å². The van der Waals surface area contributed by atoms with Gasteiger partial charge >= 0.3 is 0 Å². The molecule has 6 aromatic heterocycles. The van der Waals surface area contributed by atoms with Crippen molar-refractivity contribution in [2.75, 3.05) is 0 Å². The number of carbonyl (C=O) groups is 1. The monoisotopic (exact) mass is 1680 g/mol. The van der Waals surface area contributed by atoms with Crippen molar-refractivity contribution in [2.45, 2.75) is 80.1 Å². The summed E-state index contributed by atoms with van der Waals surface area (Å²) < 4.78 is 78.3. The van der Waals surface area contributed by atoms with Gasteiger partial charge < -0.3 is 10.1 Å². The maximum absolute atomic E-state index is 10.0. The first-order valence-corrected chi connectivity index (χ1v) is 38.7. The number of aryl methyl sites for hydroxylation is 3. The minimum atomic E-state index is -0.411. The van der Waals surface area contributed by atoms with Crippen molar-refractivity contribution < 1.29 is 59.2 Å². The maximum atomic E-state index is 10.0. The standard InChI is InChI=1S/C25H21N2.C24H17N2.C20H15N2.C18H14N.C12H10N.C5H8O2.Ir/c1-15-10-11-21-20(12-15)19-9-5-8-18-13-26-14-22(27(21)25(26)24(18)19)23-16(2)6-4-7-17(23)3;1-3-11-19-17(8-1)10-7-15-21(19)26-23-14-6-5-13-22(23)25-16-18-9-2-4-12-20(18)24(25)26;1-3-9-17-15(6-1)8-5-11-19(17)22-13-12-21-14-16-7-2-4-10-18(16)20(21)22;1-18(2)14-8-4-3-7-13(14)17-16-12(10-11-19-17)6-5-9-15(16)18;1-2-6-11-10(5-1)9-13-8-4-3-7-12(11)13;1-4(6)3-5(2)7;/h4-12,14H,13H2,1-3H3;1-15H,16H2;1-13H,14H2;3-6,8-11H,1-2H3;1-8H,9H2;3,6H,1-2H3;/q3*+1;-1;+1;;/i;;;;1D,2D,3D,4D,5D,6D,7D,8D;;. The zero-order valence-corrected chi connectivity index (χ0v) is 67.1. The maximum Gasteiger partial charge on any atom is 0.295 e. The van der Waals surface area contributed by atoms with E-state index < -0.39 is 12.1 Å². The zero-order chi connectivity index (χ0) is 84.4. The average Bonchev–Trinajstić information content (AvgIpc) is 1.61. The molecule has 11 heteroatoms. The van der Waals surface area contributed by atoms with E-state index >= 15 is 0 Å². The van der Waals surface area contributed by atoms with E-state index in [1.54, 1.807) is 0 Å². The van der Waals surface area contributed by atoms with Crippen LogP contribution in [-0.2, 0) is 56.5 Å². The first-order valence-electron chi connectivity index (χ1n) is 42.7. The van der Waals surface area contributed by atoms with Gasteiger partial charge in [0, 0.05) is 93.8 Å². The molecule has 10 heterocycles. The van der Waals surface area contributed by atoms with Crippen LogP contribution in [0.3, 0.4) is 0 Å². The quantitative estimate of drug-likeness (QED) is 0.0627. The number of nitrogens with zero attached hydrogens (tertiary/aromatic N) is 8. The molecule has 0 bridgehead atoms. The van der Waals surface area contributed by atoms with Crippen LogP contribution in [0.15, 0.2) is 340 Å². The van der Waals surface area contributed by atoms with E-state index in [4.69, 9.17) is 16.1 Å². The molecular weight excluding hydrogens is 1590 g/mol. The number of aliphatic hydroxyl groups is 1. The van der Waals surface area contributed by atoms with Crippen molar-refractivity contribution >= 4 is 76.5 Å². The Morgan fingerprint density at radius 1 is 0.539 bits per heavy atom. The average molecular weight is 1680 g/mol. The van der Waals surface area contributed by atoms with E-state index in [9.17, 15) is 4.79 Å². The number of carbonyl (C=O) groups excluding carboxylic acids is 1. The third-order valence-electron chi connectivity index (χ3n) is 22.8. The van der Waals surface area contributed by atoms with E-state index in [0.717, 1.165) is 30.9 Å². The molecule has 559 valence electrons. The van der Waals surface area contributed by atoms with Gasteiger partial charge in [0.2, 0.25) is 5.69 Å². The Hall–Kier alpha value is -13.3. The molecule has 24 rings (SSSR count). The molecule has 1 radical (unpaired) electrons. The van der Waals surface area contributed by atoms with Crippen LogP contribution in [0.5, 0.6) is 0 Å². The fourth-order valence-corrected chi connectivity index (χ4v) is 17.8. The van der Waals surface area contributed by atoms with Crippen LogP contribution in [0, 0.1) is 26.8 Å². The number of fused-ring (bicyclic) bond motifs is 18. The van der Waals surface area contributed by atoms with Crippen molar-refractivity contribution in [1.29, 1.82) is 0 Å². The van der Waals surface area contributed by atoms with Crippen LogP contribution in [0.25, 0.3) is 139 Å². The Balaban J connectivity index is 0.000000103. The molecule has 0 unspecified atom stereocenters. The third kappa shape index (κ3) is 12.8. The Kier molecular flexibility index (Phi) is 16.7. The van der Waals surface area contributed by atoms with E-state index in [2.05, 4.69) is 340 Å². The second-order valence-corrected chi connectivity index (χ2v) is 30.4. The minimum absolute atomic E-state index is 0. The molecular formula is C104H85IrN8O2+3. The summed E-state index contributed by atoms with van der Waals surface area (Å²) in [5.74, 6) is 2.48. The summed E-state index contributed by atoms with van der Waals surface area (Å²) in [6, 6.07) is 92.5. The van der Waals surface area contributed by atoms with Crippen molar-refractivity contribution in [1.82, 2.24) is 18.5 Å². The first-order chi connectivity index (χ1) is 59.1. The van der Waals surface area contributed by atoms with Gasteiger partial charge in [-0.2, -0.15) is 18.1 Å². The van der Waals surface area contributed by atoms with Gasteiger partial charge in [0.25, 0.3) is 17.3 Å². The summed E-state index contributed by atoms with van der Waals surface area (Å²) in [5, 5.41) is 20.1. The van der Waals surface area contributed by atoms with Crippen molar-refractivity contribution in [2.24, 2.45) is 0 Å². The molecule has 5 aliphatic rings. The van der Waals surface area contributed by atoms with Crippen molar-refractivity contribution in [3.63, 3.8) is 0 Å². The zero-order valence-electron chi connectivity index (χ0n) is 72.7. The smallest absolute Gasteiger partial charge is 0.295 e. The molecule has 1 N–H and O–H groups in total. The SMILES string of the molecule is CC(=O)C=C(C)O.CC1(C)c2ccc[c-]c2-c2nccc3cccc1c23.Cc1ccc2c(c1)c1cccc3c1c1n2c(-c2c(C)cccc2C)c[n+]1C3.[2H]c1c([2H])c([2H])c2c(c1[2H])C[n+]1c([2H])c([2H])c([2H])c([2H])c1-2.[Ir].c1ccc2c(c1)C[n+]1c-2n(-c2cccc3ccccc23)c2ccccc21.c1ccc2c(c1)C[n+]1ccn(-c3cccc4ccccc34)c1-2. The predicted octanol–water partition coefficient (Wildman–Crippen LogP) is 21.9. The Bertz CT molecular complexity index is 7570. The number of hydrogen-bond donors (Lipinski definition) is 1. The molecule has 0 fully saturated rings. The first kappa shape index (κ1) is 64.2. The van der Waals surface area contributed by atoms with Crippen LogP contribution in [0.1, 0.15) is 88.7 Å². The van der Waals surface area contributed by atoms with E-state index in [1.165, 1.54) is 185 Å².